The Morgan fingerprint density at radius 3 is 2.55 bits per heavy atom. The highest BCUT2D eigenvalue weighted by atomic mass is 32.1. The van der Waals surface area contributed by atoms with Crippen LogP contribution in [0.4, 0.5) is 4.39 Å². The average Bonchev–Trinajstić information content (AvgIpc) is 3.71. The van der Waals surface area contributed by atoms with E-state index in [0.29, 0.717) is 24.3 Å². The molecule has 44 heavy (non-hydrogen) atoms. The number of ether oxygens (including phenoxy) is 3. The number of hydrogen-bond acceptors (Lipinski definition) is 10. The zero-order valence-electron chi connectivity index (χ0n) is 25.9. The lowest BCUT2D eigenvalue weighted by Gasteiger charge is -2.29. The number of benzene rings is 1. The van der Waals surface area contributed by atoms with Crippen LogP contribution in [-0.4, -0.2) is 76.8 Å². The van der Waals surface area contributed by atoms with Crippen molar-refractivity contribution in [3.05, 3.63) is 52.6 Å². The SMILES string of the molecule is CCOC(COc1cc(C(C(=O)N2C[C@H](O)C[C@H]2C(=O)NC(C)c2ccc(-c3scnc3C)cc2F)C(C)C)on1)OCC. The minimum absolute atomic E-state index is 0.0202. The van der Waals surface area contributed by atoms with Gasteiger partial charge in [0.25, 0.3) is 5.88 Å². The first-order valence-electron chi connectivity index (χ1n) is 14.8. The molecule has 11 nitrogen and oxygen atoms in total. The van der Waals surface area contributed by atoms with Gasteiger partial charge in [-0.1, -0.05) is 26.0 Å². The fourth-order valence-corrected chi connectivity index (χ4v) is 6.16. The summed E-state index contributed by atoms with van der Waals surface area (Å²) in [6, 6.07) is 4.80. The molecule has 3 aromatic rings. The molecule has 2 aromatic heterocycles. The molecule has 1 aliphatic rings. The molecular formula is C31H41FN4O7S. The Morgan fingerprint density at radius 2 is 1.93 bits per heavy atom. The lowest BCUT2D eigenvalue weighted by Crippen LogP contribution is -2.48. The van der Waals surface area contributed by atoms with Crippen molar-refractivity contribution in [2.24, 2.45) is 5.92 Å². The quantitative estimate of drug-likeness (QED) is 0.244. The third-order valence-corrected chi connectivity index (χ3v) is 8.49. The molecule has 2 N–H and O–H groups in total. The number of nitrogens with one attached hydrogen (secondary N) is 1. The summed E-state index contributed by atoms with van der Waals surface area (Å²) in [6.07, 6.45) is -1.41. The van der Waals surface area contributed by atoms with E-state index in [-0.39, 0.29) is 43.0 Å². The normalized spacial score (nSPS) is 18.2. The van der Waals surface area contributed by atoms with Gasteiger partial charge in [0.15, 0.2) is 12.1 Å². The van der Waals surface area contributed by atoms with Crippen molar-refractivity contribution in [1.29, 1.82) is 0 Å². The summed E-state index contributed by atoms with van der Waals surface area (Å²) in [4.78, 5) is 33.8. The number of aromatic nitrogens is 2. The highest BCUT2D eigenvalue weighted by molar-refractivity contribution is 7.13. The number of amides is 2. The minimum Gasteiger partial charge on any atom is -0.470 e. The molecule has 0 spiro atoms. The van der Waals surface area contributed by atoms with Crippen LogP contribution >= 0.6 is 11.3 Å². The highest BCUT2D eigenvalue weighted by Crippen LogP contribution is 2.33. The van der Waals surface area contributed by atoms with Gasteiger partial charge in [0.2, 0.25) is 11.8 Å². The fourth-order valence-electron chi connectivity index (χ4n) is 5.36. The van der Waals surface area contributed by atoms with Crippen molar-refractivity contribution in [2.45, 2.75) is 78.4 Å². The summed E-state index contributed by atoms with van der Waals surface area (Å²) in [7, 11) is 0. The second kappa shape index (κ2) is 15.1. The average molecular weight is 633 g/mol. The molecule has 1 aliphatic heterocycles. The number of rotatable bonds is 14. The molecule has 4 atom stereocenters. The first kappa shape index (κ1) is 33.5. The number of aliphatic hydroxyl groups is 1. The van der Waals surface area contributed by atoms with Crippen molar-refractivity contribution in [3.8, 4) is 16.3 Å². The molecule has 2 amide bonds. The van der Waals surface area contributed by atoms with Crippen LogP contribution in [0.5, 0.6) is 5.88 Å². The molecule has 0 aliphatic carbocycles. The molecule has 240 valence electrons. The van der Waals surface area contributed by atoms with Gasteiger partial charge in [-0.05, 0) is 50.4 Å². The Labute approximate surface area is 260 Å². The van der Waals surface area contributed by atoms with Gasteiger partial charge in [-0.25, -0.2) is 9.37 Å². The number of carbonyl (C=O) groups excluding carboxylic acids is 2. The van der Waals surface area contributed by atoms with Crippen molar-refractivity contribution >= 4 is 23.2 Å². The van der Waals surface area contributed by atoms with Crippen LogP contribution in [0, 0.1) is 18.7 Å². The summed E-state index contributed by atoms with van der Waals surface area (Å²) in [5.41, 5.74) is 3.55. The number of β-amino-alcohol motifs (C(OH)–C–C–N with tert-alkyl or cyclic N) is 1. The van der Waals surface area contributed by atoms with Gasteiger partial charge < -0.3 is 34.1 Å². The molecule has 1 saturated heterocycles. The predicted octanol–water partition coefficient (Wildman–Crippen LogP) is 4.60. The molecular weight excluding hydrogens is 591 g/mol. The number of aryl methyl sites for hydroxylation is 1. The minimum atomic E-state index is -0.944. The Bertz CT molecular complexity index is 1410. The van der Waals surface area contributed by atoms with E-state index >= 15 is 4.39 Å². The van der Waals surface area contributed by atoms with Gasteiger partial charge in [0, 0.05) is 37.8 Å². The first-order valence-corrected chi connectivity index (χ1v) is 15.7. The van der Waals surface area contributed by atoms with Crippen LogP contribution in [-0.2, 0) is 19.1 Å². The van der Waals surface area contributed by atoms with E-state index < -0.39 is 42.1 Å². The van der Waals surface area contributed by atoms with E-state index in [1.807, 2.05) is 34.6 Å². The number of thiazole rings is 1. The van der Waals surface area contributed by atoms with E-state index in [0.717, 1.165) is 10.6 Å². The van der Waals surface area contributed by atoms with E-state index in [2.05, 4.69) is 15.5 Å². The van der Waals surface area contributed by atoms with Gasteiger partial charge in [-0.2, -0.15) is 0 Å². The molecule has 0 saturated carbocycles. The van der Waals surface area contributed by atoms with Crippen LogP contribution in [0.3, 0.4) is 0 Å². The van der Waals surface area contributed by atoms with Crippen LogP contribution in [0.1, 0.15) is 70.0 Å². The maximum absolute atomic E-state index is 15.2. The number of halogens is 1. The number of nitrogens with zero attached hydrogens (tertiary/aromatic N) is 3. The zero-order chi connectivity index (χ0) is 32.0. The molecule has 4 rings (SSSR count). The maximum atomic E-state index is 15.2. The van der Waals surface area contributed by atoms with Gasteiger partial charge in [0.05, 0.1) is 28.2 Å². The van der Waals surface area contributed by atoms with E-state index in [1.54, 1.807) is 30.6 Å². The van der Waals surface area contributed by atoms with Crippen LogP contribution in [0.2, 0.25) is 0 Å². The topological polar surface area (TPSA) is 136 Å². The third-order valence-electron chi connectivity index (χ3n) is 7.52. The molecule has 0 bridgehead atoms. The number of hydrogen-bond donors (Lipinski definition) is 2. The van der Waals surface area contributed by atoms with Gasteiger partial charge in [-0.3, -0.25) is 9.59 Å². The first-order chi connectivity index (χ1) is 21.0. The Balaban J connectivity index is 1.45. The monoisotopic (exact) mass is 632 g/mol. The highest BCUT2D eigenvalue weighted by Gasteiger charge is 2.43. The van der Waals surface area contributed by atoms with Crippen LogP contribution in [0.25, 0.3) is 10.4 Å². The molecule has 3 heterocycles. The Hall–Kier alpha value is -3.39. The third kappa shape index (κ3) is 7.81. The summed E-state index contributed by atoms with van der Waals surface area (Å²) in [5, 5.41) is 17.3. The summed E-state index contributed by atoms with van der Waals surface area (Å²) in [6.45, 7) is 11.9. The maximum Gasteiger partial charge on any atom is 0.254 e. The van der Waals surface area contributed by atoms with Crippen molar-refractivity contribution in [2.75, 3.05) is 26.4 Å². The lowest BCUT2D eigenvalue weighted by molar-refractivity contribution is -0.153. The standard InChI is InChI=1S/C31H41FN4O7S/c1-7-40-27(41-8-2)15-42-26-13-25(43-35-26)28(17(3)4)31(39)36-14-21(37)12-24(36)30(38)34-18(5)22-10-9-20(11-23(22)32)29-19(6)33-16-44-29/h9-11,13,16-18,21,24,27-28,37H,7-8,12,14-15H2,1-6H3,(H,34,38)/t18?,21-,24+,28?/m1/s1. The molecule has 13 heteroatoms. The Morgan fingerprint density at radius 1 is 1.20 bits per heavy atom. The molecule has 1 aromatic carbocycles. The molecule has 2 unspecified atom stereocenters. The lowest BCUT2D eigenvalue weighted by atomic mass is 9.91. The summed E-state index contributed by atoms with van der Waals surface area (Å²) < 4.78 is 37.3. The van der Waals surface area contributed by atoms with Gasteiger partial charge in [-0.15, -0.1) is 11.3 Å². The summed E-state index contributed by atoms with van der Waals surface area (Å²) in [5.74, 6) is -1.89. The second-order valence-electron chi connectivity index (χ2n) is 11.1. The fraction of sp³-hybridized carbons (Fsp3) is 0.548. The van der Waals surface area contributed by atoms with Gasteiger partial charge >= 0.3 is 0 Å². The number of likely N-dealkylation sites (tertiary alicyclic amines) is 1. The molecule has 1 fully saturated rings. The Kier molecular flexibility index (Phi) is 11.5. The number of aliphatic hydroxyl groups excluding tert-OH is 1. The van der Waals surface area contributed by atoms with Gasteiger partial charge in [0.1, 0.15) is 24.4 Å². The van der Waals surface area contributed by atoms with E-state index in [4.69, 9.17) is 18.7 Å². The second-order valence-corrected chi connectivity index (χ2v) is 11.9. The van der Waals surface area contributed by atoms with Crippen molar-refractivity contribution in [1.82, 2.24) is 20.4 Å². The van der Waals surface area contributed by atoms with E-state index in [9.17, 15) is 14.7 Å². The van der Waals surface area contributed by atoms with Crippen molar-refractivity contribution < 1.29 is 37.8 Å². The zero-order valence-corrected chi connectivity index (χ0v) is 26.7. The van der Waals surface area contributed by atoms with Crippen molar-refractivity contribution in [3.63, 3.8) is 0 Å². The predicted molar refractivity (Wildman–Crippen MR) is 162 cm³/mol. The van der Waals surface area contributed by atoms with Crippen LogP contribution in [0.15, 0.2) is 34.3 Å². The van der Waals surface area contributed by atoms with Crippen LogP contribution < -0.4 is 10.1 Å². The largest absolute Gasteiger partial charge is 0.470 e. The number of carbonyl (C=O) groups is 2. The van der Waals surface area contributed by atoms with E-state index in [1.165, 1.54) is 22.3 Å². The summed E-state index contributed by atoms with van der Waals surface area (Å²) >= 11 is 1.43. The molecule has 0 radical (unpaired) electrons. The smallest absolute Gasteiger partial charge is 0.254 e.